The number of amides is 1. The number of carbonyl (C=O) groups is 2. The highest BCUT2D eigenvalue weighted by atomic mass is 16.5. The molecule has 2 atom stereocenters. The van der Waals surface area contributed by atoms with E-state index in [1.807, 2.05) is 13.8 Å². The van der Waals surface area contributed by atoms with Crippen molar-refractivity contribution >= 4 is 11.9 Å². The van der Waals surface area contributed by atoms with Crippen LogP contribution < -0.4 is 10.1 Å². The fourth-order valence-corrected chi connectivity index (χ4v) is 1.60. The van der Waals surface area contributed by atoms with Crippen molar-refractivity contribution in [2.45, 2.75) is 46.3 Å². The van der Waals surface area contributed by atoms with Gasteiger partial charge >= 0.3 is 5.97 Å². The number of benzene rings is 1. The Hall–Kier alpha value is -2.04. The van der Waals surface area contributed by atoms with Gasteiger partial charge in [-0.05, 0) is 51.5 Å². The molecule has 0 saturated carbocycles. The molecule has 116 valence electrons. The lowest BCUT2D eigenvalue weighted by atomic mass is 10.2. The summed E-state index contributed by atoms with van der Waals surface area (Å²) >= 11 is 0. The SMILES string of the molecule is CCOC(=O)c1ccc(OC(C)C(=O)NC(C)CC)cc1. The predicted octanol–water partition coefficient (Wildman–Crippen LogP) is 2.55. The second-order valence-corrected chi connectivity index (χ2v) is 4.82. The Morgan fingerprint density at radius 1 is 1.14 bits per heavy atom. The Labute approximate surface area is 125 Å². The van der Waals surface area contributed by atoms with Gasteiger partial charge in [-0.15, -0.1) is 0 Å². The van der Waals surface area contributed by atoms with Crippen molar-refractivity contribution in [1.82, 2.24) is 5.32 Å². The summed E-state index contributed by atoms with van der Waals surface area (Å²) in [6.45, 7) is 7.73. The van der Waals surface area contributed by atoms with Crippen molar-refractivity contribution < 1.29 is 19.1 Å². The van der Waals surface area contributed by atoms with Gasteiger partial charge in [0.1, 0.15) is 5.75 Å². The predicted molar refractivity (Wildman–Crippen MR) is 80.4 cm³/mol. The molecule has 2 unspecified atom stereocenters. The molecule has 0 aromatic heterocycles. The second-order valence-electron chi connectivity index (χ2n) is 4.82. The van der Waals surface area contributed by atoms with Gasteiger partial charge in [0.05, 0.1) is 12.2 Å². The van der Waals surface area contributed by atoms with Crippen molar-refractivity contribution in [3.8, 4) is 5.75 Å². The quantitative estimate of drug-likeness (QED) is 0.785. The molecule has 0 heterocycles. The van der Waals surface area contributed by atoms with Crippen LogP contribution in [-0.2, 0) is 9.53 Å². The molecule has 1 amide bonds. The van der Waals surface area contributed by atoms with Gasteiger partial charge in [-0.25, -0.2) is 4.79 Å². The maximum atomic E-state index is 11.9. The molecule has 21 heavy (non-hydrogen) atoms. The second kappa shape index (κ2) is 8.29. The summed E-state index contributed by atoms with van der Waals surface area (Å²) in [5.41, 5.74) is 0.459. The molecule has 5 heteroatoms. The average molecular weight is 293 g/mol. The zero-order valence-corrected chi connectivity index (χ0v) is 13.0. The van der Waals surface area contributed by atoms with Crippen LogP contribution in [0.15, 0.2) is 24.3 Å². The van der Waals surface area contributed by atoms with Gasteiger partial charge in [-0.1, -0.05) is 6.92 Å². The number of carbonyl (C=O) groups excluding carboxylic acids is 2. The number of hydrogen-bond donors (Lipinski definition) is 1. The number of ether oxygens (including phenoxy) is 2. The standard InChI is InChI=1S/C16H23NO4/c1-5-11(3)17-15(18)12(4)21-14-9-7-13(8-10-14)16(19)20-6-2/h7-12H,5-6H2,1-4H3,(H,17,18). The molecule has 1 N–H and O–H groups in total. The topological polar surface area (TPSA) is 64.6 Å². The van der Waals surface area contributed by atoms with E-state index in [0.29, 0.717) is 17.9 Å². The highest BCUT2D eigenvalue weighted by molar-refractivity contribution is 5.89. The van der Waals surface area contributed by atoms with Crippen molar-refractivity contribution in [2.24, 2.45) is 0 Å². The zero-order valence-electron chi connectivity index (χ0n) is 13.0. The summed E-state index contributed by atoms with van der Waals surface area (Å²) in [4.78, 5) is 23.4. The third-order valence-corrected chi connectivity index (χ3v) is 3.05. The van der Waals surface area contributed by atoms with Crippen molar-refractivity contribution in [3.63, 3.8) is 0 Å². The van der Waals surface area contributed by atoms with Crippen LogP contribution in [0.2, 0.25) is 0 Å². The van der Waals surface area contributed by atoms with E-state index in [1.54, 1.807) is 38.1 Å². The molecule has 0 spiro atoms. The Balaban J connectivity index is 2.59. The maximum absolute atomic E-state index is 11.9. The van der Waals surface area contributed by atoms with E-state index in [2.05, 4.69) is 5.32 Å². The number of rotatable bonds is 7. The van der Waals surface area contributed by atoms with E-state index >= 15 is 0 Å². The Bertz CT molecular complexity index is 470. The number of esters is 1. The van der Waals surface area contributed by atoms with E-state index in [9.17, 15) is 9.59 Å². The van der Waals surface area contributed by atoms with Gasteiger partial charge in [-0.2, -0.15) is 0 Å². The minimum absolute atomic E-state index is 0.120. The van der Waals surface area contributed by atoms with Crippen LogP contribution in [0, 0.1) is 0 Å². The monoisotopic (exact) mass is 293 g/mol. The molecule has 0 saturated heterocycles. The highest BCUT2D eigenvalue weighted by Gasteiger charge is 2.16. The first-order valence-electron chi connectivity index (χ1n) is 7.22. The Morgan fingerprint density at radius 2 is 1.76 bits per heavy atom. The first-order valence-corrected chi connectivity index (χ1v) is 7.22. The fourth-order valence-electron chi connectivity index (χ4n) is 1.60. The minimum Gasteiger partial charge on any atom is -0.481 e. The summed E-state index contributed by atoms with van der Waals surface area (Å²) in [7, 11) is 0. The van der Waals surface area contributed by atoms with Crippen molar-refractivity contribution in [1.29, 1.82) is 0 Å². The molecular formula is C16H23NO4. The van der Waals surface area contributed by atoms with E-state index in [-0.39, 0.29) is 17.9 Å². The summed E-state index contributed by atoms with van der Waals surface area (Å²) < 4.78 is 10.5. The Morgan fingerprint density at radius 3 is 2.29 bits per heavy atom. The van der Waals surface area contributed by atoms with Crippen molar-refractivity contribution in [2.75, 3.05) is 6.61 Å². The van der Waals surface area contributed by atoms with Gasteiger partial charge in [0.15, 0.2) is 6.10 Å². The lowest BCUT2D eigenvalue weighted by Gasteiger charge is -2.17. The first-order chi connectivity index (χ1) is 9.97. The highest BCUT2D eigenvalue weighted by Crippen LogP contribution is 2.14. The van der Waals surface area contributed by atoms with Gasteiger partial charge in [-0.3, -0.25) is 4.79 Å². The molecule has 1 aromatic carbocycles. The van der Waals surface area contributed by atoms with Crippen LogP contribution in [0.25, 0.3) is 0 Å². The number of hydrogen-bond acceptors (Lipinski definition) is 4. The van der Waals surface area contributed by atoms with E-state index < -0.39 is 6.10 Å². The summed E-state index contributed by atoms with van der Waals surface area (Å²) in [5, 5.41) is 2.86. The lowest BCUT2D eigenvalue weighted by Crippen LogP contribution is -2.40. The first kappa shape index (κ1) is 17.0. The molecular weight excluding hydrogens is 270 g/mol. The van der Waals surface area contributed by atoms with Crippen LogP contribution >= 0.6 is 0 Å². The molecule has 0 aliphatic rings. The van der Waals surface area contributed by atoms with Crippen LogP contribution in [0.5, 0.6) is 5.75 Å². The number of nitrogens with one attached hydrogen (secondary N) is 1. The minimum atomic E-state index is -0.590. The molecule has 1 aromatic rings. The largest absolute Gasteiger partial charge is 0.481 e. The van der Waals surface area contributed by atoms with Gasteiger partial charge in [0, 0.05) is 6.04 Å². The molecule has 0 bridgehead atoms. The molecule has 5 nitrogen and oxygen atoms in total. The van der Waals surface area contributed by atoms with E-state index in [1.165, 1.54) is 0 Å². The van der Waals surface area contributed by atoms with Gasteiger partial charge in [0.25, 0.3) is 5.91 Å². The van der Waals surface area contributed by atoms with Crippen LogP contribution in [0.1, 0.15) is 44.5 Å². The van der Waals surface area contributed by atoms with E-state index in [0.717, 1.165) is 6.42 Å². The lowest BCUT2D eigenvalue weighted by molar-refractivity contribution is -0.127. The molecule has 0 aliphatic carbocycles. The summed E-state index contributed by atoms with van der Waals surface area (Å²) in [6, 6.07) is 6.66. The molecule has 0 radical (unpaired) electrons. The van der Waals surface area contributed by atoms with Crippen LogP contribution in [0.3, 0.4) is 0 Å². The van der Waals surface area contributed by atoms with Gasteiger partial charge in [0.2, 0.25) is 0 Å². The smallest absolute Gasteiger partial charge is 0.338 e. The maximum Gasteiger partial charge on any atom is 0.338 e. The molecule has 0 aliphatic heterocycles. The molecule has 1 rings (SSSR count). The van der Waals surface area contributed by atoms with E-state index in [4.69, 9.17) is 9.47 Å². The third kappa shape index (κ3) is 5.45. The van der Waals surface area contributed by atoms with Gasteiger partial charge < -0.3 is 14.8 Å². The summed E-state index contributed by atoms with van der Waals surface area (Å²) in [6.07, 6.45) is 0.277. The van der Waals surface area contributed by atoms with Crippen LogP contribution in [-0.4, -0.2) is 30.6 Å². The molecule has 0 fully saturated rings. The van der Waals surface area contributed by atoms with Crippen LogP contribution in [0.4, 0.5) is 0 Å². The Kier molecular flexibility index (Phi) is 6.72. The zero-order chi connectivity index (χ0) is 15.8. The average Bonchev–Trinajstić information content (AvgIpc) is 2.47. The van der Waals surface area contributed by atoms with Crippen molar-refractivity contribution in [3.05, 3.63) is 29.8 Å². The third-order valence-electron chi connectivity index (χ3n) is 3.05. The normalized spacial score (nSPS) is 13.1. The fraction of sp³-hybridized carbons (Fsp3) is 0.500. The summed E-state index contributed by atoms with van der Waals surface area (Å²) in [5.74, 6) is 0.0141.